The average molecular weight is 420 g/mol. The van der Waals surface area contributed by atoms with Crippen LogP contribution in [0.15, 0.2) is 60.7 Å². The normalized spacial score (nSPS) is 13.6. The van der Waals surface area contributed by atoms with Crippen molar-refractivity contribution in [2.24, 2.45) is 5.41 Å². The largest absolute Gasteiger partial charge is 0.351 e. The van der Waals surface area contributed by atoms with Gasteiger partial charge in [-0.15, -0.1) is 0 Å². The fraction of sp³-hybridized carbons (Fsp3) is 0.478. The van der Waals surface area contributed by atoms with Crippen LogP contribution in [0.4, 0.5) is 0 Å². The van der Waals surface area contributed by atoms with Gasteiger partial charge >= 0.3 is 7.60 Å². The highest BCUT2D eigenvalue weighted by atomic mass is 31.2. The Balaban J connectivity index is 2.29. The monoisotopic (exact) mass is 419 g/mol. The molecule has 5 nitrogen and oxygen atoms in total. The van der Waals surface area contributed by atoms with Crippen molar-refractivity contribution in [3.63, 3.8) is 0 Å². The standard InChI is InChI=1S/C23H34NO4P/c1-5-6-17-24(25)22(23(2,3)4)29(26,27-18-20-13-9-7-10-14-20)28-19-21-15-11-8-12-16-21/h7-16,22,25H,5-6,17-19H2,1-4H3. The van der Waals surface area contributed by atoms with Crippen LogP contribution in [0, 0.1) is 5.41 Å². The summed E-state index contributed by atoms with van der Waals surface area (Å²) in [6, 6.07) is 19.2. The lowest BCUT2D eigenvalue weighted by Crippen LogP contribution is -2.43. The molecule has 0 heterocycles. The molecule has 0 aliphatic rings. The number of hydroxylamine groups is 2. The first-order valence-corrected chi connectivity index (χ1v) is 11.8. The first-order valence-electron chi connectivity index (χ1n) is 10.2. The van der Waals surface area contributed by atoms with Gasteiger partial charge in [-0.3, -0.25) is 4.57 Å². The molecule has 0 bridgehead atoms. The highest BCUT2D eigenvalue weighted by Crippen LogP contribution is 2.60. The molecule has 1 N–H and O–H groups in total. The van der Waals surface area contributed by atoms with E-state index in [-0.39, 0.29) is 13.2 Å². The fourth-order valence-corrected chi connectivity index (χ4v) is 5.59. The summed E-state index contributed by atoms with van der Waals surface area (Å²) in [4.78, 5) is 0. The number of hydrogen-bond donors (Lipinski definition) is 1. The van der Waals surface area contributed by atoms with Gasteiger partial charge in [0.05, 0.1) is 13.2 Å². The lowest BCUT2D eigenvalue weighted by atomic mass is 9.96. The lowest BCUT2D eigenvalue weighted by Gasteiger charge is -2.40. The van der Waals surface area contributed by atoms with Crippen LogP contribution in [-0.2, 0) is 26.8 Å². The van der Waals surface area contributed by atoms with Crippen molar-refractivity contribution in [2.45, 2.75) is 59.5 Å². The van der Waals surface area contributed by atoms with E-state index in [2.05, 4.69) is 6.92 Å². The van der Waals surface area contributed by atoms with Gasteiger partial charge in [-0.25, -0.2) is 0 Å². The molecule has 2 rings (SSSR count). The average Bonchev–Trinajstić information content (AvgIpc) is 2.70. The van der Waals surface area contributed by atoms with Crippen LogP contribution < -0.4 is 0 Å². The molecule has 0 aliphatic carbocycles. The molecule has 0 fully saturated rings. The first-order chi connectivity index (χ1) is 13.8. The molecular formula is C23H34NO4P. The van der Waals surface area contributed by atoms with E-state index in [1.807, 2.05) is 81.4 Å². The van der Waals surface area contributed by atoms with E-state index < -0.39 is 18.8 Å². The van der Waals surface area contributed by atoms with Gasteiger partial charge in [-0.05, 0) is 23.0 Å². The van der Waals surface area contributed by atoms with Crippen LogP contribution in [0.1, 0.15) is 51.7 Å². The Kier molecular flexibility index (Phi) is 9.06. The fourth-order valence-electron chi connectivity index (χ4n) is 3.18. The maximum absolute atomic E-state index is 14.1. The summed E-state index contributed by atoms with van der Waals surface area (Å²) in [5, 5.41) is 12.0. The van der Waals surface area contributed by atoms with Gasteiger partial charge in [0.15, 0.2) is 0 Å². The first kappa shape index (κ1) is 23.8. The summed E-state index contributed by atoms with van der Waals surface area (Å²) in [5.74, 6) is -0.783. The van der Waals surface area contributed by atoms with E-state index in [4.69, 9.17) is 9.05 Å². The maximum atomic E-state index is 14.1. The second-order valence-corrected chi connectivity index (χ2v) is 10.4. The van der Waals surface area contributed by atoms with E-state index in [0.717, 1.165) is 29.0 Å². The Labute approximate surface area is 175 Å². The zero-order valence-corrected chi connectivity index (χ0v) is 18.8. The Morgan fingerprint density at radius 1 is 0.931 bits per heavy atom. The molecule has 160 valence electrons. The van der Waals surface area contributed by atoms with E-state index in [9.17, 15) is 9.77 Å². The summed E-state index contributed by atoms with van der Waals surface area (Å²) in [5.41, 5.74) is 1.29. The zero-order valence-electron chi connectivity index (χ0n) is 18.0. The predicted molar refractivity (Wildman–Crippen MR) is 117 cm³/mol. The Bertz CT molecular complexity index is 714. The van der Waals surface area contributed by atoms with Gasteiger partial charge in [-0.1, -0.05) is 94.8 Å². The van der Waals surface area contributed by atoms with Crippen molar-refractivity contribution in [1.82, 2.24) is 5.06 Å². The molecule has 6 heteroatoms. The summed E-state index contributed by atoms with van der Waals surface area (Å²) >= 11 is 0. The topological polar surface area (TPSA) is 59.0 Å². The highest BCUT2D eigenvalue weighted by molar-refractivity contribution is 7.54. The molecule has 1 unspecified atom stereocenters. The van der Waals surface area contributed by atoms with Gasteiger partial charge in [0.1, 0.15) is 5.78 Å². The van der Waals surface area contributed by atoms with Crippen LogP contribution in [-0.4, -0.2) is 22.6 Å². The lowest BCUT2D eigenvalue weighted by molar-refractivity contribution is -0.135. The SMILES string of the molecule is CCCCN(O)C(C(C)(C)C)P(=O)(OCc1ccccc1)OCc1ccccc1. The molecule has 0 spiro atoms. The van der Waals surface area contributed by atoms with Crippen LogP contribution in [0.25, 0.3) is 0 Å². The molecule has 0 aromatic heterocycles. The number of nitrogens with zero attached hydrogens (tertiary/aromatic N) is 1. The van der Waals surface area contributed by atoms with E-state index in [1.165, 1.54) is 0 Å². The van der Waals surface area contributed by atoms with E-state index in [1.54, 1.807) is 0 Å². The van der Waals surface area contributed by atoms with Crippen molar-refractivity contribution >= 4 is 7.60 Å². The van der Waals surface area contributed by atoms with Gasteiger partial charge in [-0.2, -0.15) is 5.06 Å². The minimum Gasteiger partial charge on any atom is -0.313 e. The smallest absolute Gasteiger partial charge is 0.313 e. The summed E-state index contributed by atoms with van der Waals surface area (Å²) < 4.78 is 26.0. The summed E-state index contributed by atoms with van der Waals surface area (Å²) in [7, 11) is -3.70. The third-order valence-electron chi connectivity index (χ3n) is 4.61. The van der Waals surface area contributed by atoms with Crippen molar-refractivity contribution in [3.05, 3.63) is 71.8 Å². The second-order valence-electron chi connectivity index (χ2n) is 8.31. The molecule has 0 amide bonds. The van der Waals surface area contributed by atoms with Gasteiger partial charge in [0.2, 0.25) is 0 Å². The Hall–Kier alpha value is -1.49. The Morgan fingerprint density at radius 2 is 1.38 bits per heavy atom. The van der Waals surface area contributed by atoms with Crippen molar-refractivity contribution in [1.29, 1.82) is 0 Å². The van der Waals surface area contributed by atoms with Gasteiger partial charge in [0, 0.05) is 6.54 Å². The molecular weight excluding hydrogens is 385 g/mol. The number of unbranched alkanes of at least 4 members (excludes halogenated alkanes) is 1. The minimum absolute atomic E-state index is 0.154. The third-order valence-corrected chi connectivity index (χ3v) is 7.22. The zero-order chi connectivity index (χ0) is 21.3. The third kappa shape index (κ3) is 7.36. The quantitative estimate of drug-likeness (QED) is 0.334. The van der Waals surface area contributed by atoms with E-state index in [0.29, 0.717) is 6.54 Å². The molecule has 1 atom stereocenters. The van der Waals surface area contributed by atoms with Crippen molar-refractivity contribution in [2.75, 3.05) is 6.54 Å². The molecule has 0 radical (unpaired) electrons. The molecule has 0 saturated carbocycles. The minimum atomic E-state index is -3.70. The molecule has 29 heavy (non-hydrogen) atoms. The predicted octanol–water partition coefficient (Wildman–Crippen LogP) is 6.48. The van der Waals surface area contributed by atoms with Crippen LogP contribution in [0.5, 0.6) is 0 Å². The molecule has 0 aliphatic heterocycles. The van der Waals surface area contributed by atoms with Crippen LogP contribution in [0.2, 0.25) is 0 Å². The summed E-state index contributed by atoms with van der Waals surface area (Å²) in [6.45, 7) is 8.59. The van der Waals surface area contributed by atoms with E-state index >= 15 is 0 Å². The summed E-state index contributed by atoms with van der Waals surface area (Å²) in [6.07, 6.45) is 1.72. The molecule has 2 aromatic rings. The highest BCUT2D eigenvalue weighted by Gasteiger charge is 2.47. The maximum Gasteiger partial charge on any atom is 0.351 e. The molecule has 0 saturated heterocycles. The Morgan fingerprint density at radius 3 is 1.76 bits per heavy atom. The van der Waals surface area contributed by atoms with Gasteiger partial charge < -0.3 is 14.3 Å². The van der Waals surface area contributed by atoms with Crippen molar-refractivity contribution < 1.29 is 18.8 Å². The van der Waals surface area contributed by atoms with Gasteiger partial charge in [0.25, 0.3) is 0 Å². The molecule has 2 aromatic carbocycles. The number of rotatable bonds is 11. The number of hydrogen-bond acceptors (Lipinski definition) is 5. The van der Waals surface area contributed by atoms with Crippen LogP contribution in [0.3, 0.4) is 0 Å². The second kappa shape index (κ2) is 11.1. The van der Waals surface area contributed by atoms with Crippen LogP contribution >= 0.6 is 7.60 Å². The van der Waals surface area contributed by atoms with Crippen molar-refractivity contribution in [3.8, 4) is 0 Å². The number of benzene rings is 2.